The monoisotopic (exact) mass is 299 g/mol. The van der Waals surface area contributed by atoms with Crippen LogP contribution in [-0.4, -0.2) is 31.9 Å². The summed E-state index contributed by atoms with van der Waals surface area (Å²) in [4.78, 5) is 0. The summed E-state index contributed by atoms with van der Waals surface area (Å²) in [5.74, 6) is -4.41. The predicted molar refractivity (Wildman–Crippen MR) is 61.6 cm³/mol. The van der Waals surface area contributed by atoms with Crippen molar-refractivity contribution in [1.29, 1.82) is 0 Å². The molecule has 0 heterocycles. The summed E-state index contributed by atoms with van der Waals surface area (Å²) in [7, 11) is 0. The molecule has 0 amide bonds. The number of alkyl halides is 5. The maximum absolute atomic E-state index is 12.5. The zero-order chi connectivity index (χ0) is 15.2. The van der Waals surface area contributed by atoms with Crippen molar-refractivity contribution in [2.75, 3.05) is 19.8 Å². The topological polar surface area (TPSA) is 44.5 Å². The van der Waals surface area contributed by atoms with Gasteiger partial charge in [-0.2, -0.15) is 22.0 Å². The van der Waals surface area contributed by atoms with Gasteiger partial charge in [0.05, 0.1) is 6.61 Å². The van der Waals surface area contributed by atoms with Gasteiger partial charge >= 0.3 is 12.1 Å². The minimum atomic E-state index is -5.61. The summed E-state index contributed by atoms with van der Waals surface area (Å²) in [6.45, 7) is -2.03. The van der Waals surface area contributed by atoms with E-state index in [4.69, 9.17) is 10.5 Å². The summed E-state index contributed by atoms with van der Waals surface area (Å²) >= 11 is 0. The third-order valence-electron chi connectivity index (χ3n) is 2.38. The van der Waals surface area contributed by atoms with E-state index in [1.807, 2.05) is 0 Å². The molecule has 8 heteroatoms. The fourth-order valence-electron chi connectivity index (χ4n) is 1.31. The molecule has 20 heavy (non-hydrogen) atoms. The van der Waals surface area contributed by atoms with Gasteiger partial charge in [-0.3, -0.25) is 0 Å². The Morgan fingerprint density at radius 1 is 1.00 bits per heavy atom. The van der Waals surface area contributed by atoms with Crippen molar-refractivity contribution >= 4 is 0 Å². The van der Waals surface area contributed by atoms with E-state index < -0.39 is 18.7 Å². The van der Waals surface area contributed by atoms with E-state index in [1.54, 1.807) is 24.3 Å². The fraction of sp³-hybridized carbons (Fsp3) is 0.500. The number of rotatable bonds is 7. The van der Waals surface area contributed by atoms with Crippen molar-refractivity contribution in [2.24, 2.45) is 5.73 Å². The molecular weight excluding hydrogens is 285 g/mol. The number of nitrogens with two attached hydrogens (primary N) is 1. The average molecular weight is 299 g/mol. The van der Waals surface area contributed by atoms with Crippen LogP contribution in [0.5, 0.6) is 5.75 Å². The largest absolute Gasteiger partial charge is 0.491 e. The Balaban J connectivity index is 2.33. The Morgan fingerprint density at radius 3 is 2.25 bits per heavy atom. The quantitative estimate of drug-likeness (QED) is 0.622. The third-order valence-corrected chi connectivity index (χ3v) is 2.38. The summed E-state index contributed by atoms with van der Waals surface area (Å²) in [5.41, 5.74) is 6.15. The number of hydrogen-bond acceptors (Lipinski definition) is 3. The minimum absolute atomic E-state index is 0.148. The smallest absolute Gasteiger partial charge is 0.455 e. The van der Waals surface area contributed by atoms with Crippen LogP contribution in [0.25, 0.3) is 0 Å². The van der Waals surface area contributed by atoms with Crippen LogP contribution in [-0.2, 0) is 11.3 Å². The molecule has 3 nitrogen and oxygen atoms in total. The molecule has 0 aliphatic heterocycles. The van der Waals surface area contributed by atoms with Gasteiger partial charge in [0, 0.05) is 12.1 Å². The van der Waals surface area contributed by atoms with E-state index in [0.717, 1.165) is 0 Å². The molecule has 1 aromatic carbocycles. The van der Waals surface area contributed by atoms with E-state index in [9.17, 15) is 22.0 Å². The zero-order valence-electron chi connectivity index (χ0n) is 10.4. The summed E-state index contributed by atoms with van der Waals surface area (Å²) in [6, 6.07) is 6.77. The normalized spacial score (nSPS) is 12.5. The first-order valence-corrected chi connectivity index (χ1v) is 5.71. The van der Waals surface area contributed by atoms with E-state index in [1.165, 1.54) is 0 Å². The van der Waals surface area contributed by atoms with Gasteiger partial charge in [0.1, 0.15) is 19.0 Å². The molecule has 0 unspecified atom stereocenters. The first-order valence-electron chi connectivity index (χ1n) is 5.71. The van der Waals surface area contributed by atoms with Crippen LogP contribution in [0.3, 0.4) is 0 Å². The molecule has 1 rings (SSSR count). The molecule has 0 spiro atoms. The molecule has 1 aromatic rings. The lowest BCUT2D eigenvalue weighted by Gasteiger charge is -2.19. The Kier molecular flexibility index (Phi) is 5.70. The van der Waals surface area contributed by atoms with Crippen molar-refractivity contribution < 1.29 is 31.4 Å². The molecule has 0 radical (unpaired) electrons. The van der Waals surface area contributed by atoms with Gasteiger partial charge in [0.15, 0.2) is 0 Å². The van der Waals surface area contributed by atoms with Crippen LogP contribution in [0.15, 0.2) is 24.3 Å². The lowest BCUT2D eigenvalue weighted by Crippen LogP contribution is -2.41. The van der Waals surface area contributed by atoms with Crippen molar-refractivity contribution in [1.82, 2.24) is 0 Å². The molecule has 2 N–H and O–H groups in total. The second kappa shape index (κ2) is 6.85. The third kappa shape index (κ3) is 4.61. The Labute approximate surface area is 112 Å². The van der Waals surface area contributed by atoms with Crippen molar-refractivity contribution in [2.45, 2.75) is 18.6 Å². The Morgan fingerprint density at radius 2 is 1.65 bits per heavy atom. The van der Waals surface area contributed by atoms with Crippen LogP contribution in [0, 0.1) is 0 Å². The number of para-hydroxylation sites is 1. The molecule has 0 atom stereocenters. The van der Waals surface area contributed by atoms with Gasteiger partial charge in [0.25, 0.3) is 0 Å². The molecular formula is C12H14F5NO2. The average Bonchev–Trinajstić information content (AvgIpc) is 2.37. The summed E-state index contributed by atoms with van der Waals surface area (Å²) in [5, 5.41) is 0. The molecule has 0 aliphatic rings. The van der Waals surface area contributed by atoms with E-state index in [2.05, 4.69) is 4.74 Å². The second-order valence-corrected chi connectivity index (χ2v) is 3.92. The highest BCUT2D eigenvalue weighted by Gasteiger charge is 2.57. The summed E-state index contributed by atoms with van der Waals surface area (Å²) in [6.07, 6.45) is -5.61. The first-order chi connectivity index (χ1) is 9.28. The second-order valence-electron chi connectivity index (χ2n) is 3.92. The van der Waals surface area contributed by atoms with Crippen LogP contribution in [0.2, 0.25) is 0 Å². The predicted octanol–water partition coefficient (Wildman–Crippen LogP) is 2.74. The van der Waals surface area contributed by atoms with Gasteiger partial charge in [-0.05, 0) is 6.07 Å². The fourth-order valence-corrected chi connectivity index (χ4v) is 1.31. The molecule has 0 fully saturated rings. The van der Waals surface area contributed by atoms with Gasteiger partial charge in [-0.1, -0.05) is 18.2 Å². The number of ether oxygens (including phenoxy) is 2. The Bertz CT molecular complexity index is 423. The van der Waals surface area contributed by atoms with Gasteiger partial charge in [-0.25, -0.2) is 0 Å². The molecule has 0 saturated carbocycles. The molecule has 0 saturated heterocycles. The highest BCUT2D eigenvalue weighted by Crippen LogP contribution is 2.35. The van der Waals surface area contributed by atoms with Crippen LogP contribution < -0.4 is 10.5 Å². The molecule has 114 valence electrons. The molecule has 0 aliphatic carbocycles. The van der Waals surface area contributed by atoms with Crippen LogP contribution >= 0.6 is 0 Å². The van der Waals surface area contributed by atoms with E-state index in [-0.39, 0.29) is 19.8 Å². The SMILES string of the molecule is NCc1ccccc1OCCOCC(F)(F)C(F)(F)F. The van der Waals surface area contributed by atoms with Gasteiger partial charge in [0.2, 0.25) is 0 Å². The van der Waals surface area contributed by atoms with Crippen molar-refractivity contribution in [3.8, 4) is 5.75 Å². The number of benzene rings is 1. The minimum Gasteiger partial charge on any atom is -0.491 e. The van der Waals surface area contributed by atoms with E-state index >= 15 is 0 Å². The maximum Gasteiger partial charge on any atom is 0.455 e. The van der Waals surface area contributed by atoms with Crippen molar-refractivity contribution in [3.63, 3.8) is 0 Å². The van der Waals surface area contributed by atoms with Crippen LogP contribution in [0.1, 0.15) is 5.56 Å². The standard InChI is InChI=1S/C12H14F5NO2/c13-11(14,12(15,16)17)8-19-5-6-20-10-4-2-1-3-9(10)7-18/h1-4H,5-8,18H2. The van der Waals surface area contributed by atoms with Crippen molar-refractivity contribution in [3.05, 3.63) is 29.8 Å². The first kappa shape index (κ1) is 16.6. The van der Waals surface area contributed by atoms with E-state index in [0.29, 0.717) is 11.3 Å². The highest BCUT2D eigenvalue weighted by molar-refractivity contribution is 5.32. The van der Waals surface area contributed by atoms with Crippen LogP contribution in [0.4, 0.5) is 22.0 Å². The molecule has 0 bridgehead atoms. The number of hydrogen-bond donors (Lipinski definition) is 1. The Hall–Kier alpha value is -1.41. The van der Waals surface area contributed by atoms with Gasteiger partial charge in [-0.15, -0.1) is 0 Å². The summed E-state index contributed by atoms with van der Waals surface area (Å²) < 4.78 is 70.0. The zero-order valence-corrected chi connectivity index (χ0v) is 10.4. The highest BCUT2D eigenvalue weighted by atomic mass is 19.4. The lowest BCUT2D eigenvalue weighted by molar-refractivity contribution is -0.296. The maximum atomic E-state index is 12.5. The molecule has 0 aromatic heterocycles. The number of halogens is 5. The van der Waals surface area contributed by atoms with Gasteiger partial charge < -0.3 is 15.2 Å². The lowest BCUT2D eigenvalue weighted by atomic mass is 10.2.